The van der Waals surface area contributed by atoms with E-state index in [9.17, 15) is 4.79 Å². The van der Waals surface area contributed by atoms with Crippen LogP contribution in [0.25, 0.3) is 11.2 Å². The van der Waals surface area contributed by atoms with E-state index in [1.54, 1.807) is 0 Å². The number of piperazine rings is 1. The summed E-state index contributed by atoms with van der Waals surface area (Å²) >= 11 is 0. The number of carbonyl (C=O) groups is 1. The van der Waals surface area contributed by atoms with Gasteiger partial charge in [-0.15, -0.1) is 0 Å². The van der Waals surface area contributed by atoms with E-state index < -0.39 is 0 Å². The first-order valence-electron chi connectivity index (χ1n) is 13.0. The highest BCUT2D eigenvalue weighted by Gasteiger charge is 2.28. The standard InChI is InChI=1S/C27H37N9O/c1-6-22(37)29-20-11-12-35(17-20)26-31-24(23-25(32-26)36(18-28-23)27(2,3)4)30-19-7-9-21(10-8-19)34-15-13-33(5)14-16-34/h6-10,18,20H,1,11-17H2,2-5H3,(H,29,37)(H,30,31,32)/t20-/m0/s1. The number of hydrogen-bond donors (Lipinski definition) is 2. The van der Waals surface area contributed by atoms with Crippen LogP contribution in [0.2, 0.25) is 0 Å². The van der Waals surface area contributed by atoms with E-state index in [0.717, 1.165) is 56.0 Å². The third-order valence-corrected chi connectivity index (χ3v) is 7.11. The maximum absolute atomic E-state index is 11.8. The maximum atomic E-state index is 11.8. The van der Waals surface area contributed by atoms with Crippen LogP contribution < -0.4 is 20.4 Å². The van der Waals surface area contributed by atoms with Crippen molar-refractivity contribution < 1.29 is 4.79 Å². The molecule has 0 radical (unpaired) electrons. The Balaban J connectivity index is 1.43. The van der Waals surface area contributed by atoms with Gasteiger partial charge in [0.2, 0.25) is 11.9 Å². The number of likely N-dealkylation sites (N-methyl/N-ethyl adjacent to an activating group) is 1. The summed E-state index contributed by atoms with van der Waals surface area (Å²) in [5.74, 6) is 1.15. The van der Waals surface area contributed by atoms with Crippen LogP contribution in [0.4, 0.5) is 23.1 Å². The van der Waals surface area contributed by atoms with Crippen LogP contribution in [0.1, 0.15) is 27.2 Å². The molecule has 2 aliphatic rings. The number of benzene rings is 1. The molecule has 0 saturated carbocycles. The molecule has 2 N–H and O–H groups in total. The molecule has 2 aliphatic heterocycles. The molecule has 10 nitrogen and oxygen atoms in total. The van der Waals surface area contributed by atoms with Gasteiger partial charge in [-0.25, -0.2) is 4.98 Å². The van der Waals surface area contributed by atoms with Crippen LogP contribution >= 0.6 is 0 Å². The minimum atomic E-state index is -0.187. The van der Waals surface area contributed by atoms with Crippen molar-refractivity contribution in [3.63, 3.8) is 0 Å². The van der Waals surface area contributed by atoms with Crippen molar-refractivity contribution in [2.24, 2.45) is 0 Å². The number of imidazole rings is 1. The molecule has 2 fully saturated rings. The van der Waals surface area contributed by atoms with Gasteiger partial charge in [0.1, 0.15) is 0 Å². The van der Waals surface area contributed by atoms with E-state index in [4.69, 9.17) is 9.97 Å². The molecule has 3 aromatic rings. The van der Waals surface area contributed by atoms with Crippen molar-refractivity contribution in [2.45, 2.75) is 38.8 Å². The molecule has 10 heteroatoms. The molecular weight excluding hydrogens is 466 g/mol. The van der Waals surface area contributed by atoms with Crippen molar-refractivity contribution >= 4 is 40.2 Å². The zero-order valence-electron chi connectivity index (χ0n) is 22.2. The first-order chi connectivity index (χ1) is 17.7. The van der Waals surface area contributed by atoms with E-state index in [1.807, 2.05) is 6.33 Å². The van der Waals surface area contributed by atoms with Crippen LogP contribution in [0, 0.1) is 0 Å². The number of hydrogen-bond acceptors (Lipinski definition) is 8. The van der Waals surface area contributed by atoms with Crippen LogP contribution in [0.15, 0.2) is 43.2 Å². The molecular formula is C27H37N9O. The minimum absolute atomic E-state index is 0.0378. The van der Waals surface area contributed by atoms with Gasteiger partial charge in [-0.2, -0.15) is 9.97 Å². The fraction of sp³-hybridized carbons (Fsp3) is 0.481. The van der Waals surface area contributed by atoms with E-state index in [-0.39, 0.29) is 17.5 Å². The Morgan fingerprint density at radius 3 is 2.46 bits per heavy atom. The zero-order valence-corrected chi connectivity index (χ0v) is 22.2. The molecule has 1 atom stereocenters. The summed E-state index contributed by atoms with van der Waals surface area (Å²) in [7, 11) is 2.17. The first kappa shape index (κ1) is 25.0. The Hall–Kier alpha value is -3.66. The highest BCUT2D eigenvalue weighted by atomic mass is 16.1. The Kier molecular flexibility index (Phi) is 6.76. The number of rotatable bonds is 6. The topological polar surface area (TPSA) is 94.5 Å². The quantitative estimate of drug-likeness (QED) is 0.496. The highest BCUT2D eigenvalue weighted by Crippen LogP contribution is 2.30. The molecule has 2 saturated heterocycles. The van der Waals surface area contributed by atoms with Crippen molar-refractivity contribution in [3.05, 3.63) is 43.2 Å². The Morgan fingerprint density at radius 1 is 1.05 bits per heavy atom. The Bertz CT molecular complexity index is 1270. The summed E-state index contributed by atoms with van der Waals surface area (Å²) in [6.45, 7) is 15.6. The Morgan fingerprint density at radius 2 is 1.78 bits per heavy atom. The van der Waals surface area contributed by atoms with Crippen molar-refractivity contribution in [3.8, 4) is 0 Å². The van der Waals surface area contributed by atoms with Crippen LogP contribution in [0.5, 0.6) is 0 Å². The molecule has 37 heavy (non-hydrogen) atoms. The summed E-state index contributed by atoms with van der Waals surface area (Å²) in [5.41, 5.74) is 3.51. The van der Waals surface area contributed by atoms with Gasteiger partial charge >= 0.3 is 0 Å². The van der Waals surface area contributed by atoms with E-state index >= 15 is 0 Å². The summed E-state index contributed by atoms with van der Waals surface area (Å²) < 4.78 is 2.09. The highest BCUT2D eigenvalue weighted by molar-refractivity contribution is 5.88. The second-order valence-corrected chi connectivity index (χ2v) is 10.9. The zero-order chi connectivity index (χ0) is 26.2. The second kappa shape index (κ2) is 10.0. The molecule has 196 valence electrons. The molecule has 1 aromatic carbocycles. The molecule has 0 unspecified atom stereocenters. The van der Waals surface area contributed by atoms with Crippen LogP contribution in [-0.2, 0) is 10.3 Å². The smallest absolute Gasteiger partial charge is 0.243 e. The number of anilines is 4. The van der Waals surface area contributed by atoms with E-state index in [1.165, 1.54) is 11.8 Å². The van der Waals surface area contributed by atoms with Gasteiger partial charge in [-0.3, -0.25) is 4.79 Å². The summed E-state index contributed by atoms with van der Waals surface area (Å²) in [4.78, 5) is 33.2. The molecule has 4 heterocycles. The third kappa shape index (κ3) is 5.39. The summed E-state index contributed by atoms with van der Waals surface area (Å²) in [5, 5.41) is 6.49. The predicted octanol–water partition coefficient (Wildman–Crippen LogP) is 2.96. The van der Waals surface area contributed by atoms with Crippen LogP contribution in [0.3, 0.4) is 0 Å². The normalized spacial score (nSPS) is 18.9. The number of nitrogens with zero attached hydrogens (tertiary/aromatic N) is 7. The fourth-order valence-electron chi connectivity index (χ4n) is 4.88. The second-order valence-electron chi connectivity index (χ2n) is 10.9. The average molecular weight is 504 g/mol. The van der Waals surface area contributed by atoms with Gasteiger partial charge in [0.15, 0.2) is 17.0 Å². The predicted molar refractivity (Wildman–Crippen MR) is 149 cm³/mol. The van der Waals surface area contributed by atoms with E-state index in [2.05, 4.69) is 93.5 Å². The summed E-state index contributed by atoms with van der Waals surface area (Å²) in [6.07, 6.45) is 3.97. The van der Waals surface area contributed by atoms with Crippen molar-refractivity contribution in [1.29, 1.82) is 0 Å². The van der Waals surface area contributed by atoms with Crippen LogP contribution in [-0.4, -0.2) is 82.7 Å². The van der Waals surface area contributed by atoms with Gasteiger partial charge < -0.3 is 29.9 Å². The lowest BCUT2D eigenvalue weighted by Gasteiger charge is -2.34. The molecule has 0 spiro atoms. The van der Waals surface area contributed by atoms with Gasteiger partial charge in [0.05, 0.1) is 6.33 Å². The van der Waals surface area contributed by atoms with Gasteiger partial charge in [0.25, 0.3) is 0 Å². The average Bonchev–Trinajstić information content (AvgIpc) is 3.52. The maximum Gasteiger partial charge on any atom is 0.243 e. The third-order valence-electron chi connectivity index (χ3n) is 7.11. The SMILES string of the molecule is C=CC(=O)N[C@H]1CCN(c2nc(Nc3ccc(N4CCN(C)CC4)cc3)c3ncn(C(C)(C)C)c3n2)C1. The number of amides is 1. The molecule has 2 aromatic heterocycles. The minimum Gasteiger partial charge on any atom is -0.369 e. The van der Waals surface area contributed by atoms with Gasteiger partial charge in [-0.05, 0) is 64.6 Å². The molecule has 0 aliphatic carbocycles. The molecule has 5 rings (SSSR count). The first-order valence-corrected chi connectivity index (χ1v) is 13.0. The lowest BCUT2D eigenvalue weighted by molar-refractivity contribution is -0.117. The van der Waals surface area contributed by atoms with E-state index in [0.29, 0.717) is 18.3 Å². The number of carbonyl (C=O) groups excluding carboxylic acids is 1. The van der Waals surface area contributed by atoms with Gasteiger partial charge in [-0.1, -0.05) is 6.58 Å². The molecule has 1 amide bonds. The summed E-state index contributed by atoms with van der Waals surface area (Å²) in [6, 6.07) is 8.55. The lowest BCUT2D eigenvalue weighted by atomic mass is 10.1. The number of fused-ring (bicyclic) bond motifs is 1. The largest absolute Gasteiger partial charge is 0.369 e. The Labute approximate surface area is 218 Å². The van der Waals surface area contributed by atoms with Crippen molar-refractivity contribution in [1.82, 2.24) is 29.7 Å². The van der Waals surface area contributed by atoms with Crippen molar-refractivity contribution in [2.75, 3.05) is 61.4 Å². The van der Waals surface area contributed by atoms with Gasteiger partial charge in [0, 0.05) is 62.2 Å². The lowest BCUT2D eigenvalue weighted by Crippen LogP contribution is -2.44. The number of nitrogens with one attached hydrogen (secondary N) is 2. The fourth-order valence-corrected chi connectivity index (χ4v) is 4.88. The monoisotopic (exact) mass is 503 g/mol. The number of aromatic nitrogens is 4. The molecule has 0 bridgehead atoms.